The molecule has 0 saturated carbocycles. The molecule has 1 saturated heterocycles. The van der Waals surface area contributed by atoms with E-state index < -0.39 is 0 Å². The topological polar surface area (TPSA) is 56.4 Å². The number of hydrogen-bond acceptors (Lipinski definition) is 4. The van der Waals surface area contributed by atoms with Crippen molar-refractivity contribution in [1.29, 1.82) is 0 Å². The number of amides is 1. The van der Waals surface area contributed by atoms with Crippen molar-refractivity contribution < 1.29 is 4.79 Å². The number of benzene rings is 1. The monoisotopic (exact) mass is 290 g/mol. The molecule has 21 heavy (non-hydrogen) atoms. The zero-order valence-corrected chi connectivity index (χ0v) is 13.3. The van der Waals surface area contributed by atoms with E-state index in [9.17, 15) is 4.79 Å². The van der Waals surface area contributed by atoms with Gasteiger partial charge in [-0.2, -0.15) is 0 Å². The van der Waals surface area contributed by atoms with Crippen LogP contribution in [0, 0.1) is 5.92 Å². The van der Waals surface area contributed by atoms with Crippen molar-refractivity contribution in [3.63, 3.8) is 0 Å². The van der Waals surface area contributed by atoms with Crippen LogP contribution in [0.3, 0.4) is 0 Å². The largest absolute Gasteiger partial charge is 0.378 e. The summed E-state index contributed by atoms with van der Waals surface area (Å²) in [5, 5.41) is 3.02. The Balaban J connectivity index is 1.86. The summed E-state index contributed by atoms with van der Waals surface area (Å²) in [4.78, 5) is 14.2. The molecule has 0 bridgehead atoms. The Morgan fingerprint density at radius 3 is 2.52 bits per heavy atom. The molecule has 5 heteroatoms. The lowest BCUT2D eigenvalue weighted by atomic mass is 9.93. The SMILES string of the molecule is CC1NNC(C)C1CCNC(=O)c1cccc(N(C)C)c1. The van der Waals surface area contributed by atoms with Gasteiger partial charge in [-0.1, -0.05) is 6.07 Å². The van der Waals surface area contributed by atoms with Crippen molar-refractivity contribution in [3.8, 4) is 0 Å². The highest BCUT2D eigenvalue weighted by molar-refractivity contribution is 5.95. The third-order valence-electron chi connectivity index (χ3n) is 4.21. The quantitative estimate of drug-likeness (QED) is 0.767. The van der Waals surface area contributed by atoms with E-state index in [1.165, 1.54) is 0 Å². The fourth-order valence-corrected chi connectivity index (χ4v) is 2.79. The molecule has 1 fully saturated rings. The summed E-state index contributed by atoms with van der Waals surface area (Å²) in [6.07, 6.45) is 0.974. The maximum absolute atomic E-state index is 12.2. The minimum atomic E-state index is -0.00192. The second-order valence-corrected chi connectivity index (χ2v) is 6.02. The fourth-order valence-electron chi connectivity index (χ4n) is 2.79. The fraction of sp³-hybridized carbons (Fsp3) is 0.562. The Morgan fingerprint density at radius 1 is 1.24 bits per heavy atom. The highest BCUT2D eigenvalue weighted by Crippen LogP contribution is 2.18. The summed E-state index contributed by atoms with van der Waals surface area (Å²) in [5.41, 5.74) is 8.23. The zero-order valence-electron chi connectivity index (χ0n) is 13.3. The molecule has 1 heterocycles. The summed E-state index contributed by atoms with van der Waals surface area (Å²) in [6.45, 7) is 5.04. The lowest BCUT2D eigenvalue weighted by molar-refractivity contribution is 0.0950. The molecule has 0 radical (unpaired) electrons. The van der Waals surface area contributed by atoms with Gasteiger partial charge >= 0.3 is 0 Å². The first-order valence-electron chi connectivity index (χ1n) is 7.55. The first kappa shape index (κ1) is 15.8. The molecule has 0 aromatic heterocycles. The van der Waals surface area contributed by atoms with Crippen LogP contribution in [0.15, 0.2) is 24.3 Å². The van der Waals surface area contributed by atoms with E-state index in [1.54, 1.807) is 0 Å². The van der Waals surface area contributed by atoms with Crippen molar-refractivity contribution in [2.24, 2.45) is 5.92 Å². The van der Waals surface area contributed by atoms with Gasteiger partial charge in [0, 0.05) is 44.0 Å². The lowest BCUT2D eigenvalue weighted by Gasteiger charge is -2.18. The maximum Gasteiger partial charge on any atom is 0.251 e. The molecule has 1 aliphatic heterocycles. The van der Waals surface area contributed by atoms with E-state index >= 15 is 0 Å². The van der Waals surface area contributed by atoms with Crippen LogP contribution in [0.25, 0.3) is 0 Å². The number of carbonyl (C=O) groups excluding carboxylic acids is 1. The first-order chi connectivity index (χ1) is 9.99. The van der Waals surface area contributed by atoms with Crippen molar-refractivity contribution in [2.45, 2.75) is 32.4 Å². The number of hydrogen-bond donors (Lipinski definition) is 3. The first-order valence-corrected chi connectivity index (χ1v) is 7.55. The minimum absolute atomic E-state index is 0.00192. The minimum Gasteiger partial charge on any atom is -0.378 e. The molecular formula is C16H26N4O. The van der Waals surface area contributed by atoms with Gasteiger partial charge in [0.05, 0.1) is 0 Å². The van der Waals surface area contributed by atoms with Crippen LogP contribution in [-0.2, 0) is 0 Å². The van der Waals surface area contributed by atoms with Gasteiger partial charge in [-0.3, -0.25) is 15.6 Å². The molecule has 0 aliphatic carbocycles. The second kappa shape index (κ2) is 6.91. The third-order valence-corrected chi connectivity index (χ3v) is 4.21. The number of hydrazine groups is 1. The van der Waals surface area contributed by atoms with E-state index in [0.717, 1.165) is 12.1 Å². The van der Waals surface area contributed by atoms with Gasteiger partial charge in [0.15, 0.2) is 0 Å². The van der Waals surface area contributed by atoms with Gasteiger partial charge in [-0.25, -0.2) is 0 Å². The molecule has 2 unspecified atom stereocenters. The molecule has 2 atom stereocenters. The Morgan fingerprint density at radius 2 is 1.90 bits per heavy atom. The average molecular weight is 290 g/mol. The number of nitrogens with one attached hydrogen (secondary N) is 3. The molecular weight excluding hydrogens is 264 g/mol. The van der Waals surface area contributed by atoms with Crippen molar-refractivity contribution in [3.05, 3.63) is 29.8 Å². The Kier molecular flexibility index (Phi) is 5.20. The number of anilines is 1. The molecule has 1 aliphatic rings. The van der Waals surface area contributed by atoms with Gasteiger partial charge in [0.25, 0.3) is 5.91 Å². The smallest absolute Gasteiger partial charge is 0.251 e. The summed E-state index contributed by atoms with van der Waals surface area (Å²) in [6, 6.07) is 8.56. The van der Waals surface area contributed by atoms with Crippen LogP contribution in [0.5, 0.6) is 0 Å². The lowest BCUT2D eigenvalue weighted by Crippen LogP contribution is -2.31. The van der Waals surface area contributed by atoms with Gasteiger partial charge in [-0.05, 0) is 44.4 Å². The zero-order chi connectivity index (χ0) is 15.4. The number of rotatable bonds is 5. The highest BCUT2D eigenvalue weighted by atomic mass is 16.1. The summed E-state index contributed by atoms with van der Waals surface area (Å²) in [5.74, 6) is 0.538. The maximum atomic E-state index is 12.2. The van der Waals surface area contributed by atoms with E-state index in [-0.39, 0.29) is 5.91 Å². The number of carbonyl (C=O) groups is 1. The van der Waals surface area contributed by atoms with Crippen molar-refractivity contribution in [2.75, 3.05) is 25.5 Å². The molecule has 1 amide bonds. The Hall–Kier alpha value is -1.59. The van der Waals surface area contributed by atoms with Crippen LogP contribution in [0.4, 0.5) is 5.69 Å². The van der Waals surface area contributed by atoms with E-state index in [1.807, 2.05) is 43.3 Å². The molecule has 1 aromatic carbocycles. The van der Waals surface area contributed by atoms with Crippen LogP contribution in [0.1, 0.15) is 30.6 Å². The van der Waals surface area contributed by atoms with Crippen LogP contribution >= 0.6 is 0 Å². The van der Waals surface area contributed by atoms with E-state index in [4.69, 9.17) is 0 Å². The average Bonchev–Trinajstić information content (AvgIpc) is 2.79. The van der Waals surface area contributed by atoms with E-state index in [0.29, 0.717) is 30.1 Å². The highest BCUT2D eigenvalue weighted by Gasteiger charge is 2.29. The van der Waals surface area contributed by atoms with Gasteiger partial charge < -0.3 is 10.2 Å². The van der Waals surface area contributed by atoms with Crippen molar-refractivity contribution >= 4 is 11.6 Å². The second-order valence-electron chi connectivity index (χ2n) is 6.02. The molecule has 2 rings (SSSR count). The summed E-state index contributed by atoms with van der Waals surface area (Å²) < 4.78 is 0. The standard InChI is InChI=1S/C16H26N4O/c1-11-15(12(2)19-18-11)8-9-17-16(21)13-6-5-7-14(10-13)20(3)4/h5-7,10-12,15,18-19H,8-9H2,1-4H3,(H,17,21). The Bertz CT molecular complexity index is 479. The predicted molar refractivity (Wildman–Crippen MR) is 86.4 cm³/mol. The van der Waals surface area contributed by atoms with Gasteiger partial charge in [0.1, 0.15) is 0 Å². The van der Waals surface area contributed by atoms with Crippen molar-refractivity contribution in [1.82, 2.24) is 16.2 Å². The molecule has 116 valence electrons. The predicted octanol–water partition coefficient (Wildman–Crippen LogP) is 1.37. The summed E-state index contributed by atoms with van der Waals surface area (Å²) >= 11 is 0. The normalized spacial score (nSPS) is 24.9. The molecule has 1 aromatic rings. The Labute approximate surface area is 127 Å². The van der Waals surface area contributed by atoms with Crippen LogP contribution in [0.2, 0.25) is 0 Å². The van der Waals surface area contributed by atoms with Crippen LogP contribution < -0.4 is 21.1 Å². The van der Waals surface area contributed by atoms with Crippen LogP contribution in [-0.4, -0.2) is 38.6 Å². The number of nitrogens with zero attached hydrogens (tertiary/aromatic N) is 1. The van der Waals surface area contributed by atoms with Gasteiger partial charge in [0.2, 0.25) is 0 Å². The van der Waals surface area contributed by atoms with Gasteiger partial charge in [-0.15, -0.1) is 0 Å². The molecule has 5 nitrogen and oxygen atoms in total. The third kappa shape index (κ3) is 3.95. The molecule has 0 spiro atoms. The van der Waals surface area contributed by atoms with E-state index in [2.05, 4.69) is 30.0 Å². The summed E-state index contributed by atoms with van der Waals surface area (Å²) in [7, 11) is 3.94. The molecule has 3 N–H and O–H groups in total.